The van der Waals surface area contributed by atoms with Gasteiger partial charge in [0.25, 0.3) is 5.91 Å². The quantitative estimate of drug-likeness (QED) is 0.705. The van der Waals surface area contributed by atoms with Gasteiger partial charge in [-0.2, -0.15) is 0 Å². The highest BCUT2D eigenvalue weighted by Gasteiger charge is 2.41. The molecule has 9 heteroatoms. The van der Waals surface area contributed by atoms with Gasteiger partial charge in [0.15, 0.2) is 11.3 Å². The van der Waals surface area contributed by atoms with Gasteiger partial charge in [-0.1, -0.05) is 37.3 Å². The van der Waals surface area contributed by atoms with E-state index < -0.39 is 27.4 Å². The van der Waals surface area contributed by atoms with E-state index >= 15 is 0 Å². The van der Waals surface area contributed by atoms with Crippen molar-refractivity contribution in [2.75, 3.05) is 0 Å². The molecule has 1 unspecified atom stereocenters. The molecule has 0 saturated heterocycles. The first-order valence-corrected chi connectivity index (χ1v) is 8.91. The number of carboxylic acid groups (broad SMARTS) is 1. The van der Waals surface area contributed by atoms with Gasteiger partial charge in [-0.3, -0.25) is 4.79 Å². The molecule has 0 aliphatic heterocycles. The van der Waals surface area contributed by atoms with Crippen LogP contribution in [0.4, 0.5) is 0 Å². The molecular weight excluding hydrogens is 348 g/mol. The molecule has 0 radical (unpaired) electrons. The zero-order valence-electron chi connectivity index (χ0n) is 13.6. The summed E-state index contributed by atoms with van der Waals surface area (Å²) in [5, 5.41) is 17.2. The van der Waals surface area contributed by atoms with E-state index in [0.717, 1.165) is 6.07 Å². The molecule has 2 aromatic rings. The van der Waals surface area contributed by atoms with Crippen LogP contribution in [-0.2, 0) is 20.4 Å². The lowest BCUT2D eigenvalue weighted by molar-refractivity contribution is -0.145. The van der Waals surface area contributed by atoms with Crippen molar-refractivity contribution in [3.63, 3.8) is 0 Å². The van der Waals surface area contributed by atoms with Crippen molar-refractivity contribution in [1.29, 1.82) is 0 Å². The third-order valence-electron chi connectivity index (χ3n) is 3.89. The maximum absolute atomic E-state index is 12.5. The number of carbonyl (C=O) groups is 2. The third kappa shape index (κ3) is 3.57. The second-order valence-corrected chi connectivity index (χ2v) is 6.99. The van der Waals surface area contributed by atoms with Crippen molar-refractivity contribution >= 4 is 21.9 Å². The molecule has 1 aromatic carbocycles. The summed E-state index contributed by atoms with van der Waals surface area (Å²) in [6.07, 6.45) is 0.0693. The standard InChI is InChI=1S/C16H18N2O6S/c1-3-16(15(20)21,11-7-5-4-6-8-11)18-14(19)12-9-13(10(2)24-12)25(17,22)23/h4-9H,3H2,1-2H3,(H,18,19)(H,20,21)(H2,17,22,23). The van der Waals surface area contributed by atoms with E-state index in [1.807, 2.05) is 0 Å². The Morgan fingerprint density at radius 2 is 1.88 bits per heavy atom. The van der Waals surface area contributed by atoms with Gasteiger partial charge in [0.2, 0.25) is 10.0 Å². The number of aliphatic carboxylic acids is 1. The van der Waals surface area contributed by atoms with Crippen LogP contribution in [0.25, 0.3) is 0 Å². The summed E-state index contributed by atoms with van der Waals surface area (Å²) in [5.74, 6) is -2.49. The van der Waals surface area contributed by atoms with E-state index in [9.17, 15) is 23.1 Å². The Morgan fingerprint density at radius 3 is 2.32 bits per heavy atom. The van der Waals surface area contributed by atoms with Crippen LogP contribution in [0.1, 0.15) is 35.2 Å². The van der Waals surface area contributed by atoms with Gasteiger partial charge >= 0.3 is 5.97 Å². The number of carbonyl (C=O) groups excluding carboxylic acids is 1. The fraction of sp³-hybridized carbons (Fsp3) is 0.250. The Kier molecular flexibility index (Phi) is 5.00. The number of carboxylic acids is 1. The largest absolute Gasteiger partial charge is 0.479 e. The summed E-state index contributed by atoms with van der Waals surface area (Å²) in [4.78, 5) is 24.1. The molecule has 1 atom stereocenters. The van der Waals surface area contributed by atoms with E-state index in [-0.39, 0.29) is 22.8 Å². The lowest BCUT2D eigenvalue weighted by Gasteiger charge is -2.29. The maximum Gasteiger partial charge on any atom is 0.334 e. The molecular formula is C16H18N2O6S. The fourth-order valence-electron chi connectivity index (χ4n) is 2.53. The van der Waals surface area contributed by atoms with E-state index in [1.165, 1.54) is 6.92 Å². The van der Waals surface area contributed by atoms with E-state index in [4.69, 9.17) is 9.56 Å². The summed E-state index contributed by atoms with van der Waals surface area (Å²) in [6.45, 7) is 2.96. The molecule has 2 rings (SSSR count). The van der Waals surface area contributed by atoms with E-state index in [1.54, 1.807) is 37.3 Å². The highest BCUT2D eigenvalue weighted by Crippen LogP contribution is 2.27. The number of nitrogens with one attached hydrogen (secondary N) is 1. The number of nitrogens with two attached hydrogens (primary N) is 1. The number of hydrogen-bond acceptors (Lipinski definition) is 5. The Bertz CT molecular complexity index is 904. The second kappa shape index (κ2) is 6.69. The van der Waals surface area contributed by atoms with Crippen molar-refractivity contribution in [3.8, 4) is 0 Å². The Hall–Kier alpha value is -2.65. The molecule has 25 heavy (non-hydrogen) atoms. The summed E-state index contributed by atoms with van der Waals surface area (Å²) in [5.41, 5.74) is -1.30. The number of aryl methyl sites for hydroxylation is 1. The van der Waals surface area contributed by atoms with E-state index in [2.05, 4.69) is 5.32 Å². The van der Waals surface area contributed by atoms with Crippen LogP contribution in [-0.4, -0.2) is 25.4 Å². The lowest BCUT2D eigenvalue weighted by atomic mass is 9.87. The lowest BCUT2D eigenvalue weighted by Crippen LogP contribution is -2.51. The molecule has 0 bridgehead atoms. The highest BCUT2D eigenvalue weighted by molar-refractivity contribution is 7.89. The molecule has 0 fully saturated rings. The minimum atomic E-state index is -4.05. The second-order valence-electron chi connectivity index (χ2n) is 5.46. The summed E-state index contributed by atoms with van der Waals surface area (Å²) in [7, 11) is -4.05. The van der Waals surface area contributed by atoms with Crippen molar-refractivity contribution in [2.45, 2.75) is 30.7 Å². The van der Waals surface area contributed by atoms with Crippen LogP contribution >= 0.6 is 0 Å². The molecule has 4 N–H and O–H groups in total. The average Bonchev–Trinajstić information content (AvgIpc) is 2.95. The van der Waals surface area contributed by atoms with Gasteiger partial charge in [0.1, 0.15) is 10.7 Å². The molecule has 0 aliphatic carbocycles. The molecule has 0 spiro atoms. The summed E-state index contributed by atoms with van der Waals surface area (Å²) in [6, 6.07) is 9.19. The minimum absolute atomic E-state index is 0.0511. The highest BCUT2D eigenvalue weighted by atomic mass is 32.2. The summed E-state index contributed by atoms with van der Waals surface area (Å²) < 4.78 is 28.1. The zero-order chi connectivity index (χ0) is 18.8. The van der Waals surface area contributed by atoms with Gasteiger partial charge in [-0.05, 0) is 18.9 Å². The number of amides is 1. The smallest absolute Gasteiger partial charge is 0.334 e. The molecule has 1 amide bonds. The SMILES string of the molecule is CCC(NC(=O)c1cc(S(N)(=O)=O)c(C)o1)(C(=O)O)c1ccccc1. The molecule has 0 aliphatic rings. The van der Waals surface area contributed by atoms with Gasteiger partial charge in [0, 0.05) is 6.07 Å². The van der Waals surface area contributed by atoms with Crippen molar-refractivity contribution in [2.24, 2.45) is 5.14 Å². The number of rotatable bonds is 6. The normalized spacial score (nSPS) is 13.9. The molecule has 134 valence electrons. The molecule has 1 heterocycles. The number of sulfonamides is 1. The predicted molar refractivity (Wildman–Crippen MR) is 88.3 cm³/mol. The monoisotopic (exact) mass is 366 g/mol. The van der Waals surface area contributed by atoms with Crippen LogP contribution in [0, 0.1) is 6.92 Å². The molecule has 0 saturated carbocycles. The van der Waals surface area contributed by atoms with Crippen molar-refractivity contribution in [3.05, 3.63) is 53.5 Å². The van der Waals surface area contributed by atoms with Gasteiger partial charge in [-0.15, -0.1) is 0 Å². The van der Waals surface area contributed by atoms with Crippen LogP contribution in [0.5, 0.6) is 0 Å². The topological polar surface area (TPSA) is 140 Å². The van der Waals surface area contributed by atoms with Gasteiger partial charge in [-0.25, -0.2) is 18.4 Å². The van der Waals surface area contributed by atoms with Crippen LogP contribution < -0.4 is 10.5 Å². The Morgan fingerprint density at radius 1 is 1.28 bits per heavy atom. The third-order valence-corrected chi connectivity index (χ3v) is 4.91. The van der Waals surface area contributed by atoms with Crippen LogP contribution in [0.3, 0.4) is 0 Å². The Balaban J connectivity index is 2.44. The maximum atomic E-state index is 12.5. The molecule has 1 aromatic heterocycles. The predicted octanol–water partition coefficient (Wildman–Crippen LogP) is 1.36. The van der Waals surface area contributed by atoms with Gasteiger partial charge in [0.05, 0.1) is 0 Å². The Labute approximate surface area is 144 Å². The minimum Gasteiger partial charge on any atom is -0.479 e. The first-order chi connectivity index (χ1) is 11.6. The molecule has 8 nitrogen and oxygen atoms in total. The first kappa shape index (κ1) is 18.7. The van der Waals surface area contributed by atoms with Gasteiger partial charge < -0.3 is 14.8 Å². The number of benzene rings is 1. The summed E-state index contributed by atoms with van der Waals surface area (Å²) >= 11 is 0. The number of furan rings is 1. The van der Waals surface area contributed by atoms with Crippen LogP contribution in [0.2, 0.25) is 0 Å². The zero-order valence-corrected chi connectivity index (χ0v) is 14.5. The van der Waals surface area contributed by atoms with E-state index in [0.29, 0.717) is 5.56 Å². The van der Waals surface area contributed by atoms with Crippen LogP contribution in [0.15, 0.2) is 45.7 Å². The fourth-order valence-corrected chi connectivity index (χ4v) is 3.24. The van der Waals surface area contributed by atoms with Crippen molar-refractivity contribution in [1.82, 2.24) is 5.32 Å². The first-order valence-electron chi connectivity index (χ1n) is 7.36. The number of primary sulfonamides is 1. The van der Waals surface area contributed by atoms with Crippen molar-refractivity contribution < 1.29 is 27.5 Å². The average molecular weight is 366 g/mol. The number of hydrogen-bond donors (Lipinski definition) is 3.